The zero-order valence-electron chi connectivity index (χ0n) is 11.1. The lowest BCUT2D eigenvalue weighted by Crippen LogP contribution is -2.28. The van der Waals surface area contributed by atoms with Gasteiger partial charge >= 0.3 is 0 Å². The van der Waals surface area contributed by atoms with Gasteiger partial charge in [0.15, 0.2) is 15.7 Å². The van der Waals surface area contributed by atoms with E-state index in [0.29, 0.717) is 11.4 Å². The molecule has 19 heavy (non-hydrogen) atoms. The minimum Gasteiger partial charge on any atom is -0.382 e. The van der Waals surface area contributed by atoms with Crippen molar-refractivity contribution in [1.29, 1.82) is 0 Å². The first-order chi connectivity index (χ1) is 8.79. The summed E-state index contributed by atoms with van der Waals surface area (Å²) in [7, 11) is -0.211. The minimum absolute atomic E-state index is 0.00325. The minimum atomic E-state index is -3.46. The number of aromatic nitrogens is 1. The second kappa shape index (κ2) is 6.20. The fraction of sp³-hybridized carbons (Fsp3) is 0.600. The summed E-state index contributed by atoms with van der Waals surface area (Å²) in [4.78, 5) is 12.9. The van der Waals surface area contributed by atoms with Gasteiger partial charge in [-0.2, -0.15) is 4.37 Å². The molecule has 0 fully saturated rings. The van der Waals surface area contributed by atoms with Crippen molar-refractivity contribution >= 4 is 38.1 Å². The molecule has 0 radical (unpaired) electrons. The highest BCUT2D eigenvalue weighted by atomic mass is 32.2. The fourth-order valence-corrected chi connectivity index (χ4v) is 4.01. The number of rotatable bonds is 6. The summed E-state index contributed by atoms with van der Waals surface area (Å²) in [5, 5.41) is 3.11. The van der Waals surface area contributed by atoms with Crippen LogP contribution in [0.1, 0.15) is 13.3 Å². The number of nitrogens with one attached hydrogen (secondary N) is 1. The van der Waals surface area contributed by atoms with Crippen molar-refractivity contribution < 1.29 is 13.2 Å². The Morgan fingerprint density at radius 3 is 2.63 bits per heavy atom. The van der Waals surface area contributed by atoms with E-state index >= 15 is 0 Å². The number of hydrogen-bond acceptors (Lipinski definition) is 7. The molecule has 9 heteroatoms. The van der Waals surface area contributed by atoms with Crippen LogP contribution in [0.2, 0.25) is 0 Å². The molecule has 7 nitrogen and oxygen atoms in total. The Morgan fingerprint density at radius 2 is 2.11 bits per heavy atom. The molecule has 0 aliphatic heterocycles. The Morgan fingerprint density at radius 1 is 1.47 bits per heavy atom. The molecule has 1 amide bonds. The Kier molecular flexibility index (Phi) is 5.12. The molecular formula is C10H18N4O3S2. The lowest BCUT2D eigenvalue weighted by Gasteiger charge is -2.11. The molecule has 0 aliphatic carbocycles. The highest BCUT2D eigenvalue weighted by molar-refractivity contribution is 7.91. The van der Waals surface area contributed by atoms with Crippen molar-refractivity contribution in [1.82, 2.24) is 9.27 Å². The van der Waals surface area contributed by atoms with Crippen LogP contribution in [0.4, 0.5) is 10.8 Å². The van der Waals surface area contributed by atoms with Gasteiger partial charge in [0.05, 0.1) is 12.3 Å². The predicted octanol–water partition coefficient (Wildman–Crippen LogP) is 0.409. The Balaban J connectivity index is 2.96. The third-order valence-electron chi connectivity index (χ3n) is 2.36. The topological polar surface area (TPSA) is 105 Å². The van der Waals surface area contributed by atoms with Crippen molar-refractivity contribution in [2.45, 2.75) is 18.2 Å². The molecule has 1 rings (SSSR count). The van der Waals surface area contributed by atoms with Gasteiger partial charge in [0.2, 0.25) is 5.91 Å². The number of amides is 1. The van der Waals surface area contributed by atoms with Crippen LogP contribution in [-0.4, -0.2) is 50.0 Å². The van der Waals surface area contributed by atoms with Crippen LogP contribution in [0.15, 0.2) is 4.90 Å². The maximum atomic E-state index is 12.1. The highest BCUT2D eigenvalue weighted by Gasteiger charge is 2.25. The summed E-state index contributed by atoms with van der Waals surface area (Å²) >= 11 is 0.947. The molecule has 0 saturated heterocycles. The third kappa shape index (κ3) is 3.80. The second-order valence-electron chi connectivity index (χ2n) is 4.19. The van der Waals surface area contributed by atoms with Crippen LogP contribution in [0.25, 0.3) is 0 Å². The molecule has 1 heterocycles. The summed E-state index contributed by atoms with van der Waals surface area (Å²) in [5.74, 6) is -0.171. The molecule has 0 aliphatic rings. The average Bonchev–Trinajstić information content (AvgIpc) is 2.67. The lowest BCUT2D eigenvalue weighted by molar-refractivity contribution is -0.126. The van der Waals surface area contributed by atoms with Crippen molar-refractivity contribution in [2.75, 3.05) is 37.4 Å². The van der Waals surface area contributed by atoms with Crippen LogP contribution in [0.3, 0.4) is 0 Å². The van der Waals surface area contributed by atoms with Gasteiger partial charge in [0.25, 0.3) is 0 Å². The summed E-state index contributed by atoms with van der Waals surface area (Å²) < 4.78 is 28.0. The number of nitrogens with zero attached hydrogens (tertiary/aromatic N) is 2. The van der Waals surface area contributed by atoms with Crippen LogP contribution in [0, 0.1) is 0 Å². The van der Waals surface area contributed by atoms with E-state index in [2.05, 4.69) is 9.69 Å². The first kappa shape index (κ1) is 15.7. The number of sulfone groups is 1. The van der Waals surface area contributed by atoms with Crippen LogP contribution < -0.4 is 11.1 Å². The largest absolute Gasteiger partial charge is 0.382 e. The van der Waals surface area contributed by atoms with E-state index < -0.39 is 9.84 Å². The molecular weight excluding hydrogens is 288 g/mol. The molecule has 0 atom stereocenters. The van der Waals surface area contributed by atoms with Crippen molar-refractivity contribution in [3.05, 3.63) is 0 Å². The van der Waals surface area contributed by atoms with Crippen LogP contribution in [-0.2, 0) is 14.6 Å². The van der Waals surface area contributed by atoms with Gasteiger partial charge < -0.3 is 16.0 Å². The quantitative estimate of drug-likeness (QED) is 0.788. The summed E-state index contributed by atoms with van der Waals surface area (Å²) in [6.45, 7) is 1.78. The molecule has 3 N–H and O–H groups in total. The van der Waals surface area contributed by atoms with Gasteiger partial charge in [0.1, 0.15) is 9.90 Å². The Labute approximate surface area is 116 Å². The van der Waals surface area contributed by atoms with Crippen LogP contribution >= 0.6 is 11.5 Å². The number of likely N-dealkylation sites (N-methyl/N-ethyl adjacent to an activating group) is 1. The lowest BCUT2D eigenvalue weighted by atomic mass is 10.5. The smallest absolute Gasteiger partial charge is 0.241 e. The highest BCUT2D eigenvalue weighted by Crippen LogP contribution is 2.32. The number of nitrogen functional groups attached to an aromatic ring is 1. The SMILES string of the molecule is CCCS(=O)(=O)c1c(N)nsc1NCC(=O)N(C)C. The number of carbonyl (C=O) groups is 1. The standard InChI is InChI=1S/C10H18N4O3S2/c1-4-5-19(16,17)8-9(11)13-18-10(8)12-6-7(15)14(2)3/h12H,4-6H2,1-3H3,(H2,11,13). The molecule has 0 bridgehead atoms. The molecule has 0 aromatic carbocycles. The number of hydrogen-bond donors (Lipinski definition) is 2. The van der Waals surface area contributed by atoms with Crippen molar-refractivity contribution in [3.8, 4) is 0 Å². The average molecular weight is 306 g/mol. The van der Waals surface area contributed by atoms with E-state index in [-0.39, 0.29) is 28.9 Å². The van der Waals surface area contributed by atoms with Gasteiger partial charge in [0, 0.05) is 14.1 Å². The van der Waals surface area contributed by atoms with E-state index in [1.807, 2.05) is 0 Å². The summed E-state index contributed by atoms with van der Waals surface area (Å²) in [5.41, 5.74) is 5.61. The maximum Gasteiger partial charge on any atom is 0.241 e. The number of anilines is 2. The Bertz CT molecular complexity index is 551. The summed E-state index contributed by atoms with van der Waals surface area (Å²) in [6.07, 6.45) is 0.494. The molecule has 108 valence electrons. The normalized spacial score (nSPS) is 11.3. The molecule has 0 unspecified atom stereocenters. The van der Waals surface area contributed by atoms with E-state index in [0.717, 1.165) is 11.5 Å². The maximum absolute atomic E-state index is 12.1. The third-order valence-corrected chi connectivity index (χ3v) is 5.29. The first-order valence-electron chi connectivity index (χ1n) is 5.71. The number of nitrogens with two attached hydrogens (primary N) is 1. The van der Waals surface area contributed by atoms with E-state index in [1.54, 1.807) is 21.0 Å². The predicted molar refractivity (Wildman–Crippen MR) is 76.1 cm³/mol. The zero-order chi connectivity index (χ0) is 14.6. The monoisotopic (exact) mass is 306 g/mol. The first-order valence-corrected chi connectivity index (χ1v) is 8.14. The molecule has 0 spiro atoms. The van der Waals surface area contributed by atoms with Gasteiger partial charge in [-0.25, -0.2) is 8.42 Å². The van der Waals surface area contributed by atoms with Gasteiger partial charge in [-0.3, -0.25) is 4.79 Å². The molecule has 0 saturated carbocycles. The van der Waals surface area contributed by atoms with Gasteiger partial charge in [-0.1, -0.05) is 6.92 Å². The second-order valence-corrected chi connectivity index (χ2v) is 7.01. The fourth-order valence-electron chi connectivity index (χ4n) is 1.39. The van der Waals surface area contributed by atoms with E-state index in [9.17, 15) is 13.2 Å². The summed E-state index contributed by atoms with van der Waals surface area (Å²) in [6, 6.07) is 0. The van der Waals surface area contributed by atoms with E-state index in [1.165, 1.54) is 4.90 Å². The molecule has 1 aromatic heterocycles. The number of carbonyl (C=O) groups excluding carboxylic acids is 1. The molecule has 1 aromatic rings. The van der Waals surface area contributed by atoms with Gasteiger partial charge in [-0.05, 0) is 18.0 Å². The Hall–Kier alpha value is -1.35. The van der Waals surface area contributed by atoms with E-state index in [4.69, 9.17) is 5.73 Å². The van der Waals surface area contributed by atoms with Crippen molar-refractivity contribution in [3.63, 3.8) is 0 Å². The van der Waals surface area contributed by atoms with Gasteiger partial charge in [-0.15, -0.1) is 0 Å². The van der Waals surface area contributed by atoms with Crippen molar-refractivity contribution in [2.24, 2.45) is 0 Å². The van der Waals surface area contributed by atoms with Crippen LogP contribution in [0.5, 0.6) is 0 Å². The zero-order valence-corrected chi connectivity index (χ0v) is 12.8.